The van der Waals surface area contributed by atoms with Crippen molar-refractivity contribution in [2.45, 2.75) is 14.1 Å². The average Bonchev–Trinajstić information content (AvgIpc) is 3.16. The van der Waals surface area contributed by atoms with Crippen molar-refractivity contribution in [2.75, 3.05) is 0 Å². The number of carbonyl (C=O) groups is 1. The molecule has 0 spiro atoms. The van der Waals surface area contributed by atoms with E-state index >= 15 is 0 Å². The molecule has 0 aliphatic rings. The van der Waals surface area contributed by atoms with E-state index in [0.29, 0.717) is 27.2 Å². The number of rotatable bonds is 9. The van der Waals surface area contributed by atoms with Gasteiger partial charge in [0.25, 0.3) is 0 Å². The number of carboxylic acid groups (broad SMARTS) is 1. The van der Waals surface area contributed by atoms with Crippen molar-refractivity contribution in [2.24, 2.45) is 0 Å². The Labute approximate surface area is 217 Å². The van der Waals surface area contributed by atoms with Crippen molar-refractivity contribution in [3.8, 4) is 5.75 Å². The van der Waals surface area contributed by atoms with E-state index in [1.807, 2.05) is 0 Å². The fraction of sp³-hybridized carbons (Fsp3) is 0. The van der Waals surface area contributed by atoms with Gasteiger partial charge in [-0.2, -0.15) is 8.72 Å². The van der Waals surface area contributed by atoms with Crippen LogP contribution < -0.4 is 34.8 Å². The monoisotopic (exact) mass is 555 g/mol. The maximum atomic E-state index is 14.2. The van der Waals surface area contributed by atoms with Crippen LogP contribution in [0.25, 0.3) is 10.2 Å². The van der Waals surface area contributed by atoms with Crippen LogP contribution in [0.2, 0.25) is 0 Å². The Hall–Kier alpha value is -0.570. The van der Waals surface area contributed by atoms with Crippen molar-refractivity contribution in [1.29, 1.82) is 0 Å². The molecule has 0 radical (unpaired) electrons. The number of nitrogens with zero attached hydrogens (tertiary/aromatic N) is 1. The third-order valence-corrected chi connectivity index (χ3v) is 8.27. The third kappa shape index (κ3) is 6.10. The number of hydrogen-bond donors (Lipinski definition) is 2. The molecule has 2 aromatic carbocycles. The van der Waals surface area contributed by atoms with Gasteiger partial charge in [0.1, 0.15) is 5.56 Å². The molecule has 18 heteroatoms. The zero-order valence-corrected chi connectivity index (χ0v) is 21.3. The van der Waals surface area contributed by atoms with Crippen LogP contribution in [0.1, 0.15) is 10.4 Å². The molecule has 9 nitrogen and oxygen atoms in total. The van der Waals surface area contributed by atoms with Gasteiger partial charge < -0.3 is 15.5 Å². The SMILES string of the molecule is O=C(O)c1c(O)c(F)c(F)c(SSOS(=O)c2nc3cc(SOO[O-])ccc3s2)c1F.[Na+]. The van der Waals surface area contributed by atoms with E-state index in [-0.39, 0.29) is 55.8 Å². The van der Waals surface area contributed by atoms with Crippen LogP contribution in [0, 0.1) is 17.5 Å². The summed E-state index contributed by atoms with van der Waals surface area (Å²) in [5.41, 5.74) is -1.06. The van der Waals surface area contributed by atoms with Crippen LogP contribution in [0.5, 0.6) is 5.75 Å². The number of fused-ring (bicyclic) bond motifs is 1. The minimum atomic E-state index is -2.21. The number of hydrogen-bond acceptors (Lipinski definition) is 12. The molecule has 0 aliphatic heterocycles. The van der Waals surface area contributed by atoms with Gasteiger partial charge >= 0.3 is 35.5 Å². The van der Waals surface area contributed by atoms with Crippen molar-refractivity contribution < 1.29 is 80.2 Å². The molecule has 1 heterocycles. The van der Waals surface area contributed by atoms with Gasteiger partial charge in [-0.25, -0.2) is 26.4 Å². The summed E-state index contributed by atoms with van der Waals surface area (Å²) in [6.45, 7) is 0. The second-order valence-corrected chi connectivity index (χ2v) is 10.2. The molecule has 2 N–H and O–H groups in total. The Balaban J connectivity index is 0.00000363. The van der Waals surface area contributed by atoms with Crippen LogP contribution in [0.3, 0.4) is 0 Å². The van der Waals surface area contributed by atoms with E-state index in [2.05, 4.69) is 14.4 Å². The molecule has 0 amide bonds. The molecule has 0 aliphatic carbocycles. The van der Waals surface area contributed by atoms with Gasteiger partial charge in [-0.1, -0.05) is 0 Å². The first-order valence-electron chi connectivity index (χ1n) is 7.34. The van der Waals surface area contributed by atoms with Gasteiger partial charge in [-0.15, -0.1) is 11.3 Å². The number of carboxylic acids is 1. The number of thiazole rings is 1. The topological polar surface area (TPSA) is 138 Å². The number of aromatic carboxylic acids is 1. The number of aromatic nitrogens is 1. The number of halogens is 3. The van der Waals surface area contributed by atoms with Crippen molar-refractivity contribution in [1.82, 2.24) is 4.98 Å². The van der Waals surface area contributed by atoms with Gasteiger partial charge in [0, 0.05) is 4.90 Å². The largest absolute Gasteiger partial charge is 1.00 e. The fourth-order valence-corrected chi connectivity index (χ4v) is 6.39. The van der Waals surface area contributed by atoms with Crippen molar-refractivity contribution >= 4 is 72.5 Å². The first kappa shape index (κ1) is 27.7. The van der Waals surface area contributed by atoms with Gasteiger partial charge in [0.05, 0.1) is 38.2 Å². The Morgan fingerprint density at radius 2 is 1.94 bits per heavy atom. The smallest absolute Gasteiger partial charge is 0.691 e. The second-order valence-electron chi connectivity index (χ2n) is 5.08. The van der Waals surface area contributed by atoms with Crippen LogP contribution in [0.15, 0.2) is 32.3 Å². The van der Waals surface area contributed by atoms with Gasteiger partial charge in [-0.3, -0.25) is 5.04 Å². The first-order chi connectivity index (χ1) is 14.7. The second kappa shape index (κ2) is 12.2. The summed E-state index contributed by atoms with van der Waals surface area (Å²) in [5, 5.41) is 31.2. The predicted molar refractivity (Wildman–Crippen MR) is 104 cm³/mol. The summed E-state index contributed by atoms with van der Waals surface area (Å²) in [6.07, 6.45) is 0. The van der Waals surface area contributed by atoms with E-state index in [0.717, 1.165) is 11.3 Å². The molecule has 0 saturated heterocycles. The van der Waals surface area contributed by atoms with Crippen molar-refractivity contribution in [3.05, 3.63) is 41.2 Å². The summed E-state index contributed by atoms with van der Waals surface area (Å²) in [5.74, 6) is -9.19. The van der Waals surface area contributed by atoms with E-state index in [4.69, 9.17) is 8.74 Å². The molecule has 1 unspecified atom stereocenters. The van der Waals surface area contributed by atoms with Crippen molar-refractivity contribution in [3.63, 3.8) is 0 Å². The Morgan fingerprint density at radius 3 is 2.59 bits per heavy atom. The normalized spacial score (nSPS) is 12.0. The molecule has 0 fully saturated rings. The summed E-state index contributed by atoms with van der Waals surface area (Å²) in [7, 11) is 0.120. The molecule has 3 aromatic rings. The summed E-state index contributed by atoms with van der Waals surface area (Å²) >= 11 is -0.416. The third-order valence-electron chi connectivity index (χ3n) is 3.32. The zero-order valence-electron chi connectivity index (χ0n) is 15.2. The molecule has 166 valence electrons. The predicted octanol–water partition coefficient (Wildman–Crippen LogP) is 0.747. The average molecular weight is 556 g/mol. The Bertz CT molecular complexity index is 1180. The molecular formula is C14H5F3NNaO8S5. The first-order valence-corrected chi connectivity index (χ1v) is 12.0. The van der Waals surface area contributed by atoms with Gasteiger partial charge in [0.2, 0.25) is 21.2 Å². The van der Waals surface area contributed by atoms with E-state index in [9.17, 15) is 32.5 Å². The maximum absolute atomic E-state index is 14.2. The van der Waals surface area contributed by atoms with E-state index in [1.165, 1.54) is 6.07 Å². The minimum Gasteiger partial charge on any atom is -0.691 e. The summed E-state index contributed by atoms with van der Waals surface area (Å²) < 4.78 is 63.6. The fourth-order valence-electron chi connectivity index (χ4n) is 2.06. The molecule has 1 aromatic heterocycles. The Kier molecular flexibility index (Phi) is 10.6. The van der Waals surface area contributed by atoms with E-state index in [1.54, 1.807) is 12.1 Å². The maximum Gasteiger partial charge on any atom is 1.00 e. The van der Waals surface area contributed by atoms with Gasteiger partial charge in [-0.05, 0) is 29.0 Å². The molecule has 0 bridgehead atoms. The van der Waals surface area contributed by atoms with E-state index < -0.39 is 50.7 Å². The standard InChI is InChI=1S/C14H6F3NO8S5.Na/c15-8-7(13(20)21)11(19)9(16)10(17)12(8)29-30-26-31(23)14-18-5-3-4(28-25-24-22)1-2-6(5)27-14;/h1-3,19,22H,(H,20,21);/q;+1/p-1. The molecular weight excluding hydrogens is 550 g/mol. The molecule has 3 rings (SSSR count). The van der Waals surface area contributed by atoms with Gasteiger partial charge in [0.15, 0.2) is 17.4 Å². The Morgan fingerprint density at radius 1 is 1.22 bits per heavy atom. The number of phenols is 1. The van der Waals surface area contributed by atoms with Crippen LogP contribution in [-0.4, -0.2) is 25.4 Å². The summed E-state index contributed by atoms with van der Waals surface area (Å²) in [6, 6.07) is 4.69. The molecule has 32 heavy (non-hydrogen) atoms. The van der Waals surface area contributed by atoms with Crippen LogP contribution in [-0.2, 0) is 24.1 Å². The molecule has 0 saturated carbocycles. The quantitative estimate of drug-likeness (QED) is 0.0962. The number of aromatic hydroxyl groups is 1. The summed E-state index contributed by atoms with van der Waals surface area (Å²) in [4.78, 5) is 14.4. The van der Waals surface area contributed by atoms with Crippen LogP contribution >= 0.6 is 45.2 Å². The number of benzene rings is 2. The zero-order chi connectivity index (χ0) is 22.7. The van der Waals surface area contributed by atoms with Crippen LogP contribution in [0.4, 0.5) is 13.2 Å². The minimum absolute atomic E-state index is 0. The molecule has 1 atom stereocenters.